The van der Waals surface area contributed by atoms with Gasteiger partial charge in [0.1, 0.15) is 52.5 Å². The predicted molar refractivity (Wildman–Crippen MR) is 559 cm³/mol. The number of halogens is 4. The summed E-state index contributed by atoms with van der Waals surface area (Å²) in [6.07, 6.45) is 17.4. The molecular formula is C100H153BrCl3N15O13Sn3. The van der Waals surface area contributed by atoms with E-state index in [-0.39, 0.29) is 90.6 Å². The standard InChI is InChI=1S/C27H38N4O4.C22H30N4O3.C14H21ClN4O.C8H10ClNO.C8H10NO.C7H13BrO2.C5H4ClNO.9CH3.3Sn/c1-27(2,3)30-23(32)18-31(4)26-21-11-8-12-22(21)28-25(29-26)19-9-7-10-20(17-19)33-15-16-35-24-13-5-6-14-34-24;1-22(2,3)25-19(28)14-26(4)21-17-9-6-10-18(17)23-20(24-21)15-7-5-8-16(13-15)29-12-11-27;1-14(2,3)18-11(20)8-19(4)12-9-6-5-7-10(9)16-13(15)17-12;1-2-6-11-8-5-3-4-7(9)10-8;1-2-7-10-8-5-3-4-6-9-8;8-4-6-10-7-3-1-2-5-9-7;6-4-2-1-3-5(8)7-4;;;;;;;;;;;;/h7,9-10,17,24H,5-6,8,11-16,18H2,1-4H3,(H,30,32);5,7-8,13,27H,6,9-12,14H2,1-4H3,(H,25,28);5-8H2,1-4H3,(H,18,20);3-5H,2,6H2,1H3;3-5H,2,7H2,1H3;7H,1-6H2;1-3H,(H,7,8);9*1H3;;;. The van der Waals surface area contributed by atoms with E-state index in [2.05, 4.69) is 120 Å². The van der Waals surface area contributed by atoms with E-state index in [1.165, 1.54) is 22.6 Å². The van der Waals surface area contributed by atoms with Crippen LogP contribution in [0.25, 0.3) is 22.8 Å². The molecule has 2 saturated heterocycles. The average Bonchev–Trinajstić information content (AvgIpc) is 1.71. The van der Waals surface area contributed by atoms with Crippen molar-refractivity contribution < 1.29 is 57.4 Å². The number of aromatic nitrogens is 9. The zero-order valence-corrected chi connectivity index (χ0v) is 96.9. The molecule has 2 unspecified atom stereocenters. The number of carbonyl (C=O) groups excluding carboxylic acids is 3. The van der Waals surface area contributed by atoms with Crippen molar-refractivity contribution in [1.29, 1.82) is 0 Å². The SMILES string of the molecule is BrCCOC1CCCCO1.CCCOc1ccc[c]([Sn]([CH3])([CH3])[CH3])n1.CCCOc1cccc(Cl)n1.CN(CC(=O)NC(C)(C)C)c1nc(-c2cccc(OCCO)c2)nc2c1CCC2.CN(CC(=O)NC(C)(C)C)c1nc(-c2cccc(OCCOC3CCCCO3)c2)nc2c1CCC2.CN(CC(=O)NC(C)(C)C)c1nc(Cl)nc2c1CCC2.O=c1cccc(Cl)[nH]1.[CH3][Sn]([CH3])[CH3].[CH3][Sn]([CH3])[CH3]. The summed E-state index contributed by atoms with van der Waals surface area (Å²) >= 11 is 17.2. The number of H-pyrrole nitrogens is 1. The van der Waals surface area contributed by atoms with E-state index in [4.69, 9.17) is 97.7 Å². The summed E-state index contributed by atoms with van der Waals surface area (Å²) in [5, 5.41) is 19.9. The second-order valence-electron chi connectivity index (χ2n) is 38.3. The summed E-state index contributed by atoms with van der Waals surface area (Å²) in [5.41, 5.74) is 7.34. The molecule has 35 heteroatoms. The minimum absolute atomic E-state index is 0.0249. The van der Waals surface area contributed by atoms with E-state index >= 15 is 0 Å². The topological polar surface area (TPSA) is 327 Å². The molecule has 3 aliphatic carbocycles. The van der Waals surface area contributed by atoms with Gasteiger partial charge >= 0.3 is 160 Å². The van der Waals surface area contributed by atoms with Crippen LogP contribution in [0.1, 0.15) is 181 Å². The molecule has 5 N–H and O–H groups in total. The number of aromatic amines is 1. The van der Waals surface area contributed by atoms with Gasteiger partial charge in [-0.15, -0.1) is 0 Å². The molecule has 0 spiro atoms. The van der Waals surface area contributed by atoms with Gasteiger partial charge < -0.3 is 73.9 Å². The first kappa shape index (κ1) is 119. The van der Waals surface area contributed by atoms with E-state index in [9.17, 15) is 19.2 Å². The van der Waals surface area contributed by atoms with Crippen molar-refractivity contribution in [2.24, 2.45) is 0 Å². The van der Waals surface area contributed by atoms with Gasteiger partial charge in [0.25, 0.3) is 0 Å². The van der Waals surface area contributed by atoms with Crippen LogP contribution in [0.4, 0.5) is 17.5 Å². The van der Waals surface area contributed by atoms with Gasteiger partial charge in [-0.05, 0) is 213 Å². The fourth-order valence-electron chi connectivity index (χ4n) is 13.7. The van der Waals surface area contributed by atoms with E-state index in [0.717, 1.165) is 202 Å². The van der Waals surface area contributed by atoms with Crippen molar-refractivity contribution in [3.05, 3.63) is 163 Å². The van der Waals surface area contributed by atoms with Crippen LogP contribution in [0.2, 0.25) is 60.0 Å². The number of aliphatic hydroxyl groups excluding tert-OH is 1. The molecule has 0 bridgehead atoms. The third-order valence-corrected chi connectivity index (χ3v) is 25.3. The summed E-state index contributed by atoms with van der Waals surface area (Å²) in [7, 11) is 5.68. The van der Waals surface area contributed by atoms with Gasteiger partial charge in [-0.25, -0.2) is 34.9 Å². The number of likely N-dealkylation sites (N-methyl/N-ethyl adjacent to an activating group) is 3. The predicted octanol–water partition coefficient (Wildman–Crippen LogP) is 18.9. The summed E-state index contributed by atoms with van der Waals surface area (Å²) in [6.45, 7) is 27.6. The number of amides is 3. The summed E-state index contributed by atoms with van der Waals surface area (Å²) in [6, 6.07) is 31.5. The Morgan fingerprint density at radius 2 is 0.889 bits per heavy atom. The summed E-state index contributed by atoms with van der Waals surface area (Å²) in [5.74, 6) is 6.42. The van der Waals surface area contributed by atoms with Gasteiger partial charge in [0, 0.05) is 108 Å². The molecule has 13 rings (SSSR count). The van der Waals surface area contributed by atoms with Crippen LogP contribution in [0.5, 0.6) is 23.3 Å². The maximum absolute atomic E-state index is 12.5. The van der Waals surface area contributed by atoms with E-state index in [1.54, 1.807) is 24.3 Å². The Kier molecular flexibility index (Phi) is 55.2. The average molecular weight is 2320 g/mol. The molecular weight excluding hydrogens is 2160 g/mol. The van der Waals surface area contributed by atoms with E-state index in [0.29, 0.717) is 53.4 Å². The third-order valence-electron chi connectivity index (χ3n) is 19.2. The van der Waals surface area contributed by atoms with Crippen molar-refractivity contribution in [1.82, 2.24) is 60.8 Å². The Morgan fingerprint density at radius 3 is 1.27 bits per heavy atom. The third kappa shape index (κ3) is 49.4. The number of anilines is 3. The van der Waals surface area contributed by atoms with Crippen molar-refractivity contribution >= 4 is 148 Å². The first-order valence-corrected chi connectivity index (χ1v) is 76.5. The van der Waals surface area contributed by atoms with Crippen LogP contribution in [0.15, 0.2) is 108 Å². The van der Waals surface area contributed by atoms with Crippen molar-refractivity contribution in [2.75, 3.05) is 120 Å². The van der Waals surface area contributed by atoms with Gasteiger partial charge in [0.15, 0.2) is 24.2 Å². The number of nitrogens with zero attached hydrogens (tertiary/aromatic N) is 11. The van der Waals surface area contributed by atoms with Crippen molar-refractivity contribution in [3.63, 3.8) is 0 Å². The molecule has 2 radical (unpaired) electrons. The molecule has 0 saturated carbocycles. The molecule has 746 valence electrons. The Balaban J connectivity index is 0.000000289. The molecule has 135 heavy (non-hydrogen) atoms. The van der Waals surface area contributed by atoms with Crippen LogP contribution in [0, 0.1) is 0 Å². The van der Waals surface area contributed by atoms with Gasteiger partial charge in [-0.2, -0.15) is 0 Å². The number of benzene rings is 2. The molecule has 2 atom stereocenters. The Morgan fingerprint density at radius 1 is 0.489 bits per heavy atom. The van der Waals surface area contributed by atoms with Crippen LogP contribution < -0.4 is 58.9 Å². The summed E-state index contributed by atoms with van der Waals surface area (Å²) in [4.78, 5) is 113. The summed E-state index contributed by atoms with van der Waals surface area (Å²) < 4.78 is 45.5. The number of rotatable bonds is 29. The second kappa shape index (κ2) is 62.6. The molecule has 8 aromatic rings. The maximum atomic E-state index is 12.5. The number of pyridine rings is 3. The molecule has 6 aromatic heterocycles. The number of aryl methyl sites for hydroxylation is 3. The van der Waals surface area contributed by atoms with Gasteiger partial charge in [-0.3, -0.25) is 19.2 Å². The van der Waals surface area contributed by atoms with Crippen LogP contribution in [0.3, 0.4) is 0 Å². The first-order valence-electron chi connectivity index (χ1n) is 47.1. The van der Waals surface area contributed by atoms with Gasteiger partial charge in [0.05, 0.1) is 51.8 Å². The van der Waals surface area contributed by atoms with Crippen molar-refractivity contribution in [2.45, 2.75) is 259 Å². The molecule has 2 aromatic carbocycles. The number of aliphatic hydroxyl groups is 1. The molecule has 8 heterocycles. The van der Waals surface area contributed by atoms with Crippen LogP contribution >= 0.6 is 50.7 Å². The number of nitrogens with one attached hydrogen (secondary N) is 4. The van der Waals surface area contributed by atoms with Gasteiger partial charge in [0.2, 0.25) is 34.4 Å². The monoisotopic (exact) mass is 2320 g/mol. The molecule has 2 fully saturated rings. The van der Waals surface area contributed by atoms with Crippen LogP contribution in [-0.4, -0.2) is 260 Å². The molecule has 5 aliphatic rings. The van der Waals surface area contributed by atoms with Crippen LogP contribution in [-0.2, 0) is 71.9 Å². The fraction of sp³-hybridized carbons (Fsp3) is 0.580. The number of hydrogen-bond acceptors (Lipinski definition) is 24. The number of fused-ring (bicyclic) bond motifs is 3. The second-order valence-corrected chi connectivity index (χ2v) is 71.7. The number of hydrogen-bond donors (Lipinski definition) is 5. The normalized spacial score (nSPS) is 14.5. The molecule has 2 aliphatic heterocycles. The Hall–Kier alpha value is -6.51. The zero-order valence-electron chi connectivity index (χ0n) is 84.5. The van der Waals surface area contributed by atoms with Crippen molar-refractivity contribution in [3.8, 4) is 46.0 Å². The molecule has 3 amide bonds. The molecule has 28 nitrogen and oxygen atoms in total. The quantitative estimate of drug-likeness (QED) is 0.00956. The minimum atomic E-state index is -2.00. The van der Waals surface area contributed by atoms with E-state index < -0.39 is 57.9 Å². The number of alkyl halides is 1. The number of carbonyl (C=O) groups is 3. The fourth-order valence-corrected chi connectivity index (χ4v) is 17.4. The zero-order chi connectivity index (χ0) is 99.9. The van der Waals surface area contributed by atoms with E-state index in [1.807, 2.05) is 166 Å². The Bertz CT molecular complexity index is 4890. The van der Waals surface area contributed by atoms with Gasteiger partial charge in [-0.1, -0.05) is 82.5 Å². The number of ether oxygens (including phenoxy) is 8. The Labute approximate surface area is 846 Å². The first-order chi connectivity index (χ1) is 63.9.